The number of piperidine rings is 1. The molecule has 1 N–H and O–H groups in total. The highest BCUT2D eigenvalue weighted by atomic mass is 127. The molecular weight excluding hydrogens is 495 g/mol. The molecule has 176 valence electrons. The van der Waals surface area contributed by atoms with Gasteiger partial charge in [-0.05, 0) is 66.2 Å². The number of amides is 1. The molecule has 0 aromatic carbocycles. The zero-order valence-electron chi connectivity index (χ0n) is 19.6. The molecule has 2 aliphatic heterocycles. The minimum absolute atomic E-state index is 0. The van der Waals surface area contributed by atoms with Gasteiger partial charge in [-0.1, -0.05) is 0 Å². The fraction of sp³-hybridized carbons (Fsp3) is 0.909. The second-order valence-corrected chi connectivity index (χ2v) is 9.22. The van der Waals surface area contributed by atoms with E-state index >= 15 is 0 Å². The molecule has 2 rings (SSSR count). The first kappa shape index (κ1) is 27.3. The molecule has 2 saturated heterocycles. The number of rotatable bonds is 7. The summed E-state index contributed by atoms with van der Waals surface area (Å²) in [6.07, 6.45) is 4.18. The molecule has 0 aliphatic carbocycles. The van der Waals surface area contributed by atoms with Gasteiger partial charge in [-0.25, -0.2) is 4.79 Å². The van der Waals surface area contributed by atoms with Crippen molar-refractivity contribution in [1.29, 1.82) is 0 Å². The summed E-state index contributed by atoms with van der Waals surface area (Å²) in [5, 5.41) is 3.44. The topological polar surface area (TPSA) is 66.4 Å². The van der Waals surface area contributed by atoms with Crippen molar-refractivity contribution in [2.75, 3.05) is 52.5 Å². The van der Waals surface area contributed by atoms with Gasteiger partial charge in [-0.15, -0.1) is 24.0 Å². The normalized spacial score (nSPS) is 22.6. The molecule has 2 heterocycles. The zero-order chi connectivity index (χ0) is 21.3. The first-order valence-electron chi connectivity index (χ1n) is 11.4. The molecule has 0 aromatic heterocycles. The average molecular weight is 539 g/mol. The van der Waals surface area contributed by atoms with E-state index in [0.717, 1.165) is 84.1 Å². The van der Waals surface area contributed by atoms with Crippen LogP contribution >= 0.6 is 24.0 Å². The van der Waals surface area contributed by atoms with Gasteiger partial charge in [0.2, 0.25) is 0 Å². The highest BCUT2D eigenvalue weighted by Crippen LogP contribution is 2.22. The first-order chi connectivity index (χ1) is 13.8. The van der Waals surface area contributed by atoms with Crippen molar-refractivity contribution in [1.82, 2.24) is 15.1 Å². The van der Waals surface area contributed by atoms with Gasteiger partial charge in [0.05, 0.1) is 6.61 Å². The number of hydrogen-bond donors (Lipinski definition) is 1. The Balaban J connectivity index is 0.00000450. The molecule has 30 heavy (non-hydrogen) atoms. The van der Waals surface area contributed by atoms with E-state index in [-0.39, 0.29) is 30.1 Å². The molecule has 0 aromatic rings. The number of hydrogen-bond acceptors (Lipinski definition) is 4. The third kappa shape index (κ3) is 9.58. The third-order valence-corrected chi connectivity index (χ3v) is 5.45. The molecule has 2 fully saturated rings. The second kappa shape index (κ2) is 13.6. The summed E-state index contributed by atoms with van der Waals surface area (Å²) in [4.78, 5) is 21.5. The average Bonchev–Trinajstić information content (AvgIpc) is 3.13. The number of guanidine groups is 1. The van der Waals surface area contributed by atoms with Crippen molar-refractivity contribution < 1.29 is 14.3 Å². The molecule has 8 heteroatoms. The maximum atomic E-state index is 12.4. The van der Waals surface area contributed by atoms with Gasteiger partial charge in [0, 0.05) is 51.8 Å². The van der Waals surface area contributed by atoms with Crippen LogP contribution in [0.5, 0.6) is 0 Å². The predicted octanol–water partition coefficient (Wildman–Crippen LogP) is 3.97. The number of nitrogens with zero attached hydrogens (tertiary/aromatic N) is 3. The Labute approximate surface area is 200 Å². The van der Waals surface area contributed by atoms with Gasteiger partial charge >= 0.3 is 6.09 Å². The number of ether oxygens (including phenoxy) is 2. The Morgan fingerprint density at radius 3 is 2.50 bits per heavy atom. The first-order valence-corrected chi connectivity index (χ1v) is 11.4. The van der Waals surface area contributed by atoms with Crippen molar-refractivity contribution in [3.05, 3.63) is 0 Å². The van der Waals surface area contributed by atoms with Gasteiger partial charge in [0.25, 0.3) is 0 Å². The third-order valence-electron chi connectivity index (χ3n) is 5.45. The van der Waals surface area contributed by atoms with Gasteiger partial charge in [0.1, 0.15) is 5.60 Å². The minimum atomic E-state index is -0.440. The fourth-order valence-corrected chi connectivity index (χ4v) is 4.02. The van der Waals surface area contributed by atoms with Gasteiger partial charge < -0.3 is 24.6 Å². The molecule has 7 nitrogen and oxygen atoms in total. The summed E-state index contributed by atoms with van der Waals surface area (Å²) in [6.45, 7) is 16.8. The number of carbonyl (C=O) groups is 1. The van der Waals surface area contributed by atoms with Crippen LogP contribution in [0.2, 0.25) is 0 Å². The van der Waals surface area contributed by atoms with E-state index in [2.05, 4.69) is 17.1 Å². The number of likely N-dealkylation sites (tertiary alicyclic amines) is 2. The Hall–Kier alpha value is -0.770. The summed E-state index contributed by atoms with van der Waals surface area (Å²) in [5.41, 5.74) is -0.440. The number of carbonyl (C=O) groups excluding carboxylic acids is 1. The largest absolute Gasteiger partial charge is 0.444 e. The van der Waals surface area contributed by atoms with Crippen LogP contribution in [-0.2, 0) is 9.47 Å². The molecule has 0 saturated carbocycles. The number of halogens is 1. The standard InChI is InChI=1S/C22H42N4O3.HI/c1-6-23-20(25-14-11-19(16-25)17-28-7-2)24-12-10-18-9-8-13-26(15-18)21(27)29-22(3,4)5;/h18-19H,6-17H2,1-5H3,(H,23,24);1H. The van der Waals surface area contributed by atoms with Crippen LogP contribution in [0.15, 0.2) is 4.99 Å². The van der Waals surface area contributed by atoms with E-state index in [4.69, 9.17) is 14.5 Å². The smallest absolute Gasteiger partial charge is 0.410 e. The zero-order valence-corrected chi connectivity index (χ0v) is 21.9. The van der Waals surface area contributed by atoms with Crippen molar-refractivity contribution in [3.8, 4) is 0 Å². The van der Waals surface area contributed by atoms with Crippen molar-refractivity contribution in [2.45, 2.75) is 65.9 Å². The molecule has 2 unspecified atom stereocenters. The monoisotopic (exact) mass is 538 g/mol. The molecule has 2 aliphatic rings. The maximum Gasteiger partial charge on any atom is 0.410 e. The van der Waals surface area contributed by atoms with Crippen LogP contribution in [0, 0.1) is 11.8 Å². The van der Waals surface area contributed by atoms with Crippen molar-refractivity contribution in [3.63, 3.8) is 0 Å². The van der Waals surface area contributed by atoms with E-state index in [1.165, 1.54) is 0 Å². The highest BCUT2D eigenvalue weighted by molar-refractivity contribution is 14.0. The van der Waals surface area contributed by atoms with E-state index in [9.17, 15) is 4.79 Å². The Morgan fingerprint density at radius 1 is 1.10 bits per heavy atom. The van der Waals surface area contributed by atoms with Crippen LogP contribution in [-0.4, -0.2) is 79.9 Å². The van der Waals surface area contributed by atoms with E-state index in [1.807, 2.05) is 32.6 Å². The molecule has 0 bridgehead atoms. The van der Waals surface area contributed by atoms with Gasteiger partial charge in [0.15, 0.2) is 5.96 Å². The summed E-state index contributed by atoms with van der Waals surface area (Å²) in [5.74, 6) is 2.11. The molecule has 2 atom stereocenters. The molecule has 0 spiro atoms. The SMILES string of the molecule is CCNC(=NCCC1CCCN(C(=O)OC(C)(C)C)C1)N1CCC(COCC)C1.I. The molecular formula is C22H43IN4O3. The Kier molecular flexibility index (Phi) is 12.4. The summed E-state index contributed by atoms with van der Waals surface area (Å²) in [6, 6.07) is 0. The van der Waals surface area contributed by atoms with Crippen LogP contribution in [0.1, 0.15) is 60.3 Å². The lowest BCUT2D eigenvalue weighted by molar-refractivity contribution is 0.0163. The Morgan fingerprint density at radius 2 is 1.83 bits per heavy atom. The van der Waals surface area contributed by atoms with Crippen LogP contribution in [0.4, 0.5) is 4.79 Å². The van der Waals surface area contributed by atoms with Crippen LogP contribution < -0.4 is 5.32 Å². The fourth-order valence-electron chi connectivity index (χ4n) is 4.02. The number of aliphatic imine (C=N–C) groups is 1. The summed E-state index contributed by atoms with van der Waals surface area (Å²) >= 11 is 0. The van der Waals surface area contributed by atoms with Crippen LogP contribution in [0.3, 0.4) is 0 Å². The maximum absolute atomic E-state index is 12.4. The van der Waals surface area contributed by atoms with Crippen molar-refractivity contribution in [2.24, 2.45) is 16.8 Å². The molecule has 0 radical (unpaired) electrons. The predicted molar refractivity (Wildman–Crippen MR) is 133 cm³/mol. The quantitative estimate of drug-likeness (QED) is 0.302. The van der Waals surface area contributed by atoms with Gasteiger partial charge in [-0.3, -0.25) is 4.99 Å². The second-order valence-electron chi connectivity index (χ2n) is 9.22. The Bertz CT molecular complexity index is 539. The lowest BCUT2D eigenvalue weighted by Gasteiger charge is -2.34. The lowest BCUT2D eigenvalue weighted by atomic mass is 9.95. The highest BCUT2D eigenvalue weighted by Gasteiger charge is 2.28. The summed E-state index contributed by atoms with van der Waals surface area (Å²) < 4.78 is 11.1. The van der Waals surface area contributed by atoms with E-state index in [0.29, 0.717) is 11.8 Å². The molecule has 1 amide bonds. The van der Waals surface area contributed by atoms with E-state index < -0.39 is 5.60 Å². The lowest BCUT2D eigenvalue weighted by Crippen LogP contribution is -2.43. The van der Waals surface area contributed by atoms with E-state index in [1.54, 1.807) is 0 Å². The van der Waals surface area contributed by atoms with Crippen molar-refractivity contribution >= 4 is 36.0 Å². The number of nitrogens with one attached hydrogen (secondary N) is 1. The van der Waals surface area contributed by atoms with Gasteiger partial charge in [-0.2, -0.15) is 0 Å². The summed E-state index contributed by atoms with van der Waals surface area (Å²) in [7, 11) is 0. The van der Waals surface area contributed by atoms with Crippen LogP contribution in [0.25, 0.3) is 0 Å². The minimum Gasteiger partial charge on any atom is -0.444 e.